The van der Waals surface area contributed by atoms with Gasteiger partial charge in [-0.2, -0.15) is 0 Å². The number of rotatable bonds is 4. The zero-order valence-corrected chi connectivity index (χ0v) is 11.7. The fraction of sp³-hybridized carbons (Fsp3) is 0.600. The summed E-state index contributed by atoms with van der Waals surface area (Å²) in [5, 5.41) is 3.58. The molecule has 2 atom stereocenters. The molecule has 1 fully saturated rings. The Morgan fingerprint density at radius 3 is 2.89 bits per heavy atom. The molecule has 1 aromatic carbocycles. The molecule has 3 rings (SSSR count). The Morgan fingerprint density at radius 1 is 1.32 bits per heavy atom. The Balaban J connectivity index is 1.79. The number of nitrogens with zero attached hydrogens (tertiary/aromatic N) is 1. The topological polar surface area (TPSA) is 33.7 Å². The third-order valence-corrected chi connectivity index (χ3v) is 4.07. The summed E-state index contributed by atoms with van der Waals surface area (Å²) in [6.07, 6.45) is 3.73. The molecule has 0 spiro atoms. The summed E-state index contributed by atoms with van der Waals surface area (Å²) in [6.45, 7) is 1.50. The van der Waals surface area contributed by atoms with Crippen LogP contribution < -0.4 is 14.8 Å². The van der Waals surface area contributed by atoms with Crippen molar-refractivity contribution < 1.29 is 9.47 Å². The zero-order valence-electron chi connectivity index (χ0n) is 11.7. The highest BCUT2D eigenvalue weighted by Gasteiger charge is 2.24. The summed E-state index contributed by atoms with van der Waals surface area (Å²) in [5.74, 6) is 1.74. The Morgan fingerprint density at radius 2 is 2.16 bits per heavy atom. The van der Waals surface area contributed by atoms with Crippen LogP contribution in [0.25, 0.3) is 0 Å². The minimum Gasteiger partial charge on any atom is -0.454 e. The third kappa shape index (κ3) is 2.69. The smallest absolute Gasteiger partial charge is 0.231 e. The molecule has 0 bridgehead atoms. The highest BCUT2D eigenvalue weighted by molar-refractivity contribution is 5.45. The fourth-order valence-corrected chi connectivity index (χ4v) is 2.99. The van der Waals surface area contributed by atoms with Crippen LogP contribution in [0.2, 0.25) is 0 Å². The molecule has 0 aromatic heterocycles. The van der Waals surface area contributed by atoms with Gasteiger partial charge in [-0.25, -0.2) is 0 Å². The summed E-state index contributed by atoms with van der Waals surface area (Å²) in [4.78, 5) is 2.29. The minimum atomic E-state index is 0.343. The molecule has 0 amide bonds. The molecule has 0 saturated carbocycles. The molecule has 4 heteroatoms. The van der Waals surface area contributed by atoms with E-state index in [1.54, 1.807) is 0 Å². The standard InChI is InChI=1S/C15H22N2O2/c1-17(2)13(9-12-4-3-7-16-12)11-5-6-14-15(8-11)19-10-18-14/h5-6,8,12-13,16H,3-4,7,9-10H2,1-2H3. The van der Waals surface area contributed by atoms with Crippen molar-refractivity contribution in [3.63, 3.8) is 0 Å². The first-order chi connectivity index (χ1) is 9.24. The number of benzene rings is 1. The van der Waals surface area contributed by atoms with Gasteiger partial charge in [0.2, 0.25) is 6.79 Å². The molecule has 0 aliphatic carbocycles. The lowest BCUT2D eigenvalue weighted by Gasteiger charge is -2.27. The average molecular weight is 262 g/mol. The van der Waals surface area contributed by atoms with Gasteiger partial charge in [-0.05, 0) is 57.6 Å². The maximum Gasteiger partial charge on any atom is 0.231 e. The summed E-state index contributed by atoms with van der Waals surface area (Å²) in [6, 6.07) is 7.37. The summed E-state index contributed by atoms with van der Waals surface area (Å²) < 4.78 is 10.9. The molecule has 1 saturated heterocycles. The molecular formula is C15H22N2O2. The molecule has 2 unspecified atom stereocenters. The quantitative estimate of drug-likeness (QED) is 0.901. The van der Waals surface area contributed by atoms with Crippen LogP contribution in [0, 0.1) is 0 Å². The SMILES string of the molecule is CN(C)C(CC1CCCN1)c1ccc2c(c1)OCO2. The molecule has 104 valence electrons. The van der Waals surface area contributed by atoms with E-state index >= 15 is 0 Å². The molecular weight excluding hydrogens is 240 g/mol. The maximum absolute atomic E-state index is 5.48. The van der Waals surface area contributed by atoms with Crippen LogP contribution >= 0.6 is 0 Å². The van der Waals surface area contributed by atoms with E-state index in [4.69, 9.17) is 9.47 Å². The van der Waals surface area contributed by atoms with Crippen molar-refractivity contribution in [2.24, 2.45) is 0 Å². The maximum atomic E-state index is 5.48. The van der Waals surface area contributed by atoms with Crippen LogP contribution in [-0.2, 0) is 0 Å². The Bertz CT molecular complexity index is 442. The highest BCUT2D eigenvalue weighted by Crippen LogP contribution is 2.36. The molecule has 4 nitrogen and oxygen atoms in total. The van der Waals surface area contributed by atoms with Gasteiger partial charge in [-0.1, -0.05) is 6.07 Å². The predicted molar refractivity (Wildman–Crippen MR) is 74.6 cm³/mol. The van der Waals surface area contributed by atoms with Crippen molar-refractivity contribution in [3.8, 4) is 11.5 Å². The highest BCUT2D eigenvalue weighted by atomic mass is 16.7. The van der Waals surface area contributed by atoms with Crippen molar-refractivity contribution in [1.29, 1.82) is 0 Å². The lowest BCUT2D eigenvalue weighted by atomic mass is 9.97. The van der Waals surface area contributed by atoms with E-state index in [1.807, 2.05) is 6.07 Å². The van der Waals surface area contributed by atoms with Crippen LogP contribution in [0.1, 0.15) is 30.9 Å². The summed E-state index contributed by atoms with van der Waals surface area (Å²) in [5.41, 5.74) is 1.31. The van der Waals surface area contributed by atoms with E-state index in [1.165, 1.54) is 18.4 Å². The lowest BCUT2D eigenvalue weighted by molar-refractivity contribution is 0.174. The first-order valence-corrected chi connectivity index (χ1v) is 7.03. The summed E-state index contributed by atoms with van der Waals surface area (Å²) >= 11 is 0. The predicted octanol–water partition coefficient (Wildman–Crippen LogP) is 2.16. The van der Waals surface area contributed by atoms with Gasteiger partial charge in [0.15, 0.2) is 11.5 Å². The lowest BCUT2D eigenvalue weighted by Crippen LogP contribution is -2.29. The Labute approximate surface area is 114 Å². The first-order valence-electron chi connectivity index (χ1n) is 7.03. The van der Waals surface area contributed by atoms with Gasteiger partial charge < -0.3 is 19.7 Å². The average Bonchev–Trinajstić information content (AvgIpc) is 3.05. The minimum absolute atomic E-state index is 0.343. The zero-order chi connectivity index (χ0) is 13.2. The van der Waals surface area contributed by atoms with Crippen LogP contribution in [0.3, 0.4) is 0 Å². The summed E-state index contributed by atoms with van der Waals surface area (Å²) in [7, 11) is 4.29. The normalized spacial score (nSPS) is 23.0. The Kier molecular flexibility index (Phi) is 3.62. The van der Waals surface area contributed by atoms with Gasteiger partial charge in [-0.15, -0.1) is 0 Å². The van der Waals surface area contributed by atoms with E-state index in [0.717, 1.165) is 24.5 Å². The van der Waals surface area contributed by atoms with Crippen LogP contribution in [0.15, 0.2) is 18.2 Å². The monoisotopic (exact) mass is 262 g/mol. The fourth-order valence-electron chi connectivity index (χ4n) is 2.99. The van der Waals surface area contributed by atoms with Crippen LogP contribution in [0.4, 0.5) is 0 Å². The van der Waals surface area contributed by atoms with Crippen LogP contribution in [-0.4, -0.2) is 38.4 Å². The van der Waals surface area contributed by atoms with Gasteiger partial charge >= 0.3 is 0 Å². The molecule has 1 N–H and O–H groups in total. The van der Waals surface area contributed by atoms with E-state index in [-0.39, 0.29) is 0 Å². The second-order valence-corrected chi connectivity index (χ2v) is 5.62. The van der Waals surface area contributed by atoms with Gasteiger partial charge in [-0.3, -0.25) is 0 Å². The molecule has 0 radical (unpaired) electrons. The van der Waals surface area contributed by atoms with Gasteiger partial charge in [0.1, 0.15) is 0 Å². The second kappa shape index (κ2) is 5.39. The van der Waals surface area contributed by atoms with Crippen molar-refractivity contribution in [3.05, 3.63) is 23.8 Å². The molecule has 2 aliphatic rings. The van der Waals surface area contributed by atoms with Crippen LogP contribution in [0.5, 0.6) is 11.5 Å². The number of hydrogen-bond acceptors (Lipinski definition) is 4. The second-order valence-electron chi connectivity index (χ2n) is 5.62. The van der Waals surface area contributed by atoms with E-state index in [9.17, 15) is 0 Å². The Hall–Kier alpha value is -1.26. The van der Waals surface area contributed by atoms with Crippen molar-refractivity contribution >= 4 is 0 Å². The molecule has 2 aliphatic heterocycles. The molecule has 19 heavy (non-hydrogen) atoms. The van der Waals surface area contributed by atoms with Crippen molar-refractivity contribution in [1.82, 2.24) is 10.2 Å². The van der Waals surface area contributed by atoms with E-state index in [0.29, 0.717) is 18.9 Å². The largest absolute Gasteiger partial charge is 0.454 e. The van der Waals surface area contributed by atoms with E-state index < -0.39 is 0 Å². The van der Waals surface area contributed by atoms with Crippen molar-refractivity contribution in [2.75, 3.05) is 27.4 Å². The third-order valence-electron chi connectivity index (χ3n) is 4.07. The number of ether oxygens (including phenoxy) is 2. The number of nitrogens with one attached hydrogen (secondary N) is 1. The first kappa shape index (κ1) is 12.8. The van der Waals surface area contributed by atoms with Gasteiger partial charge in [0, 0.05) is 12.1 Å². The number of fused-ring (bicyclic) bond motifs is 1. The number of hydrogen-bond donors (Lipinski definition) is 1. The van der Waals surface area contributed by atoms with Gasteiger partial charge in [0.25, 0.3) is 0 Å². The van der Waals surface area contributed by atoms with E-state index in [2.05, 4.69) is 36.4 Å². The van der Waals surface area contributed by atoms with Crippen molar-refractivity contribution in [2.45, 2.75) is 31.3 Å². The molecule has 2 heterocycles. The molecule has 1 aromatic rings. The van der Waals surface area contributed by atoms with Gasteiger partial charge in [0.05, 0.1) is 0 Å².